The fraction of sp³-hybridized carbons (Fsp3) is 0.0870. The first-order chi connectivity index (χ1) is 15.6. The van der Waals surface area contributed by atoms with Gasteiger partial charge in [0, 0.05) is 16.8 Å². The Hall–Kier alpha value is -4.04. The van der Waals surface area contributed by atoms with Crippen LogP contribution in [0.4, 0.5) is 5.95 Å². The minimum atomic E-state index is -0.380. The first-order valence-corrected chi connectivity index (χ1v) is 10.3. The first kappa shape index (κ1) is 19.9. The molecule has 1 amide bonds. The molecule has 3 heterocycles. The van der Waals surface area contributed by atoms with Crippen LogP contribution in [0.1, 0.15) is 21.5 Å². The van der Waals surface area contributed by atoms with E-state index in [1.165, 1.54) is 11.8 Å². The minimum Gasteiger partial charge on any atom is -0.289 e. The van der Waals surface area contributed by atoms with E-state index in [9.17, 15) is 4.79 Å². The number of benzene rings is 2. The molecule has 2 aromatic carbocycles. The van der Waals surface area contributed by atoms with Crippen LogP contribution in [0.3, 0.4) is 0 Å². The molecule has 0 atom stereocenters. The van der Waals surface area contributed by atoms with E-state index in [0.29, 0.717) is 22.8 Å². The second kappa shape index (κ2) is 8.24. The van der Waals surface area contributed by atoms with Gasteiger partial charge in [0.2, 0.25) is 5.95 Å². The topological polar surface area (TPSA) is 90.0 Å². The maximum absolute atomic E-state index is 12.9. The molecule has 0 saturated carbocycles. The van der Waals surface area contributed by atoms with Gasteiger partial charge in [-0.2, -0.15) is 5.10 Å². The zero-order valence-electron chi connectivity index (χ0n) is 17.1. The van der Waals surface area contributed by atoms with Gasteiger partial charge in [-0.25, -0.2) is 19.2 Å². The largest absolute Gasteiger partial charge is 0.289 e. The lowest BCUT2D eigenvalue weighted by Crippen LogP contribution is -2.14. The SMILES string of the molecule is Cc1ccc(-c2ccnc3c(C(=O)Nc4ncn(Cc5cccc(Cl)c5)n4)cnn23)cc1. The van der Waals surface area contributed by atoms with Crippen molar-refractivity contribution in [3.8, 4) is 11.3 Å². The number of rotatable bonds is 5. The van der Waals surface area contributed by atoms with Crippen LogP contribution in [0.2, 0.25) is 5.02 Å². The van der Waals surface area contributed by atoms with Crippen molar-refractivity contribution in [2.45, 2.75) is 13.5 Å². The van der Waals surface area contributed by atoms with Crippen LogP contribution in [0.5, 0.6) is 0 Å². The van der Waals surface area contributed by atoms with Gasteiger partial charge in [-0.3, -0.25) is 10.1 Å². The number of nitrogens with one attached hydrogen (secondary N) is 1. The van der Waals surface area contributed by atoms with E-state index in [-0.39, 0.29) is 11.9 Å². The van der Waals surface area contributed by atoms with Crippen LogP contribution in [0.25, 0.3) is 16.9 Å². The summed E-state index contributed by atoms with van der Waals surface area (Å²) in [6, 6.07) is 17.5. The Kier molecular flexibility index (Phi) is 5.12. The number of nitrogens with zero attached hydrogens (tertiary/aromatic N) is 6. The molecule has 0 aliphatic heterocycles. The third-order valence-electron chi connectivity index (χ3n) is 4.99. The summed E-state index contributed by atoms with van der Waals surface area (Å²) in [4.78, 5) is 21.4. The minimum absolute atomic E-state index is 0.200. The zero-order valence-corrected chi connectivity index (χ0v) is 17.9. The third-order valence-corrected chi connectivity index (χ3v) is 5.22. The molecule has 0 aliphatic rings. The number of carbonyl (C=O) groups excluding carboxylic acids is 1. The molecule has 32 heavy (non-hydrogen) atoms. The first-order valence-electron chi connectivity index (χ1n) is 9.92. The molecule has 0 saturated heterocycles. The van der Waals surface area contributed by atoms with E-state index in [2.05, 4.69) is 25.5 Å². The van der Waals surface area contributed by atoms with Gasteiger partial charge < -0.3 is 0 Å². The predicted octanol–water partition coefficient (Wildman–Crippen LogP) is 4.25. The number of aromatic nitrogens is 6. The van der Waals surface area contributed by atoms with Gasteiger partial charge in [0.05, 0.1) is 18.4 Å². The highest BCUT2D eigenvalue weighted by Crippen LogP contribution is 2.22. The molecule has 0 bridgehead atoms. The average molecular weight is 444 g/mol. The number of amides is 1. The number of hydrogen-bond acceptors (Lipinski definition) is 5. The van der Waals surface area contributed by atoms with Crippen molar-refractivity contribution in [3.63, 3.8) is 0 Å². The lowest BCUT2D eigenvalue weighted by molar-refractivity contribution is 0.102. The van der Waals surface area contributed by atoms with E-state index >= 15 is 0 Å². The fourth-order valence-electron chi connectivity index (χ4n) is 3.41. The van der Waals surface area contributed by atoms with E-state index in [4.69, 9.17) is 11.6 Å². The van der Waals surface area contributed by atoms with Crippen molar-refractivity contribution in [2.75, 3.05) is 5.32 Å². The Morgan fingerprint density at radius 2 is 1.94 bits per heavy atom. The summed E-state index contributed by atoms with van der Waals surface area (Å²) in [5.74, 6) is -0.180. The number of halogens is 1. The molecule has 9 heteroatoms. The van der Waals surface area contributed by atoms with Gasteiger partial charge in [0.15, 0.2) is 5.65 Å². The quantitative estimate of drug-likeness (QED) is 0.438. The van der Waals surface area contributed by atoms with Crippen LogP contribution in [0.15, 0.2) is 73.3 Å². The number of aryl methyl sites for hydroxylation is 1. The Balaban J connectivity index is 1.37. The van der Waals surface area contributed by atoms with Gasteiger partial charge >= 0.3 is 0 Å². The monoisotopic (exact) mass is 443 g/mol. The lowest BCUT2D eigenvalue weighted by atomic mass is 10.1. The van der Waals surface area contributed by atoms with Gasteiger partial charge in [-0.05, 0) is 30.7 Å². The third kappa shape index (κ3) is 3.95. The van der Waals surface area contributed by atoms with Crippen LogP contribution in [0, 0.1) is 6.92 Å². The average Bonchev–Trinajstić information content (AvgIpc) is 3.41. The van der Waals surface area contributed by atoms with Crippen LogP contribution in [-0.4, -0.2) is 35.3 Å². The summed E-state index contributed by atoms with van der Waals surface area (Å²) in [5, 5.41) is 12.1. The number of anilines is 1. The molecule has 0 spiro atoms. The molecule has 1 N–H and O–H groups in total. The summed E-state index contributed by atoms with van der Waals surface area (Å²) < 4.78 is 3.29. The number of fused-ring (bicyclic) bond motifs is 1. The van der Waals surface area contributed by atoms with Gasteiger partial charge in [0.25, 0.3) is 5.91 Å². The summed E-state index contributed by atoms with van der Waals surface area (Å²) >= 11 is 6.03. The summed E-state index contributed by atoms with van der Waals surface area (Å²) in [7, 11) is 0. The Labute approximate surface area is 188 Å². The molecule has 0 aliphatic carbocycles. The smallest absolute Gasteiger partial charge is 0.263 e. The molecule has 5 rings (SSSR count). The van der Waals surface area contributed by atoms with Crippen LogP contribution < -0.4 is 5.32 Å². The zero-order chi connectivity index (χ0) is 22.1. The van der Waals surface area contributed by atoms with Gasteiger partial charge in [-0.15, -0.1) is 5.10 Å². The van der Waals surface area contributed by atoms with Crippen molar-refractivity contribution in [1.29, 1.82) is 0 Å². The van der Waals surface area contributed by atoms with Crippen molar-refractivity contribution in [1.82, 2.24) is 29.4 Å². The van der Waals surface area contributed by atoms with Crippen molar-refractivity contribution in [3.05, 3.63) is 95.0 Å². The van der Waals surface area contributed by atoms with E-state index in [0.717, 1.165) is 16.8 Å². The van der Waals surface area contributed by atoms with Gasteiger partial charge in [0.1, 0.15) is 11.9 Å². The maximum Gasteiger partial charge on any atom is 0.263 e. The highest BCUT2D eigenvalue weighted by Gasteiger charge is 2.17. The van der Waals surface area contributed by atoms with Crippen LogP contribution in [-0.2, 0) is 6.54 Å². The second-order valence-electron chi connectivity index (χ2n) is 7.34. The molecule has 158 valence electrons. The van der Waals surface area contributed by atoms with E-state index < -0.39 is 0 Å². The molecule has 3 aromatic heterocycles. The van der Waals surface area contributed by atoms with Gasteiger partial charge in [-0.1, -0.05) is 53.6 Å². The summed E-state index contributed by atoms with van der Waals surface area (Å²) in [6.07, 6.45) is 4.72. The highest BCUT2D eigenvalue weighted by molar-refractivity contribution is 6.30. The number of hydrogen-bond donors (Lipinski definition) is 1. The fourth-order valence-corrected chi connectivity index (χ4v) is 3.63. The molecule has 5 aromatic rings. The lowest BCUT2D eigenvalue weighted by Gasteiger charge is -2.05. The summed E-state index contributed by atoms with van der Waals surface area (Å²) in [5.41, 5.74) is 4.78. The van der Waals surface area contributed by atoms with Crippen molar-refractivity contribution in [2.24, 2.45) is 0 Å². The van der Waals surface area contributed by atoms with E-state index in [1.54, 1.807) is 21.7 Å². The van der Waals surface area contributed by atoms with Crippen molar-refractivity contribution < 1.29 is 4.79 Å². The molecule has 0 unspecified atom stereocenters. The molecular weight excluding hydrogens is 426 g/mol. The van der Waals surface area contributed by atoms with Crippen molar-refractivity contribution >= 4 is 29.1 Å². The molecular formula is C23H18ClN7O. The highest BCUT2D eigenvalue weighted by atomic mass is 35.5. The maximum atomic E-state index is 12.9. The Morgan fingerprint density at radius 1 is 1.09 bits per heavy atom. The molecule has 0 radical (unpaired) electrons. The van der Waals surface area contributed by atoms with Crippen LogP contribution >= 0.6 is 11.6 Å². The standard InChI is InChI=1S/C23H18ClN7O/c1-15-5-7-17(8-6-15)20-9-10-25-21-19(12-27-31(20)21)22(32)28-23-26-14-30(29-23)13-16-3-2-4-18(24)11-16/h2-12,14H,13H2,1H3,(H,28,29,32). The molecule has 8 nitrogen and oxygen atoms in total. The second-order valence-corrected chi connectivity index (χ2v) is 7.78. The Bertz CT molecular complexity index is 1420. The Morgan fingerprint density at radius 3 is 2.75 bits per heavy atom. The normalized spacial score (nSPS) is 11.1. The predicted molar refractivity (Wildman–Crippen MR) is 122 cm³/mol. The van der Waals surface area contributed by atoms with E-state index in [1.807, 2.05) is 61.5 Å². The number of carbonyl (C=O) groups is 1. The summed E-state index contributed by atoms with van der Waals surface area (Å²) in [6.45, 7) is 2.52. The molecule has 0 fully saturated rings.